The minimum absolute atomic E-state index is 0.264. The summed E-state index contributed by atoms with van der Waals surface area (Å²) in [6, 6.07) is 4.72. The highest BCUT2D eigenvalue weighted by Gasteiger charge is 2.16. The van der Waals surface area contributed by atoms with Crippen molar-refractivity contribution in [2.24, 2.45) is 11.8 Å². The third-order valence-corrected chi connectivity index (χ3v) is 2.99. The topological polar surface area (TPSA) is 38.0 Å². The van der Waals surface area contributed by atoms with Crippen LogP contribution in [0, 0.1) is 26.7 Å². The van der Waals surface area contributed by atoms with Crippen molar-refractivity contribution in [2.75, 3.05) is 0 Å². The quantitative estimate of drug-likeness (QED) is 0.604. The van der Waals surface area contributed by atoms with Gasteiger partial charge in [-0.3, -0.25) is 11.3 Å². The highest BCUT2D eigenvalue weighted by molar-refractivity contribution is 5.39. The fraction of sp³-hybridized carbons (Fsp3) is 0.571. The largest absolute Gasteiger partial charge is 0.271 e. The number of nitrogens with two attached hydrogens (primary N) is 1. The standard InChI is InChI=1S/C14H24N2/c1-9(2)6-13(16-15)14-11(4)7-10(3)8-12(14)5/h7-9,13,16H,6,15H2,1-5H3. The van der Waals surface area contributed by atoms with Crippen molar-refractivity contribution < 1.29 is 0 Å². The summed E-state index contributed by atoms with van der Waals surface area (Å²) in [5, 5.41) is 0. The Balaban J connectivity index is 3.09. The van der Waals surface area contributed by atoms with Gasteiger partial charge in [0.2, 0.25) is 0 Å². The van der Waals surface area contributed by atoms with Crippen molar-refractivity contribution in [1.29, 1.82) is 0 Å². The first-order chi connectivity index (χ1) is 7.45. The van der Waals surface area contributed by atoms with Gasteiger partial charge in [0.05, 0.1) is 0 Å². The summed E-state index contributed by atoms with van der Waals surface area (Å²) >= 11 is 0. The molecule has 0 aromatic heterocycles. The summed E-state index contributed by atoms with van der Waals surface area (Å²) in [4.78, 5) is 0. The highest BCUT2D eigenvalue weighted by atomic mass is 15.2. The van der Waals surface area contributed by atoms with E-state index in [1.807, 2.05) is 0 Å². The Hall–Kier alpha value is -0.860. The van der Waals surface area contributed by atoms with Crippen LogP contribution in [-0.4, -0.2) is 0 Å². The second kappa shape index (κ2) is 5.46. The van der Waals surface area contributed by atoms with Crippen molar-refractivity contribution in [1.82, 2.24) is 5.43 Å². The summed E-state index contributed by atoms with van der Waals surface area (Å²) in [6.07, 6.45) is 1.07. The molecule has 0 aliphatic heterocycles. The third-order valence-electron chi connectivity index (χ3n) is 2.99. The average molecular weight is 220 g/mol. The molecule has 2 heteroatoms. The molecule has 1 aromatic carbocycles. The zero-order valence-electron chi connectivity index (χ0n) is 11.1. The third kappa shape index (κ3) is 3.06. The number of aryl methyl sites for hydroxylation is 3. The van der Waals surface area contributed by atoms with Crippen molar-refractivity contribution in [2.45, 2.75) is 47.1 Å². The lowest BCUT2D eigenvalue weighted by Gasteiger charge is -2.23. The SMILES string of the molecule is Cc1cc(C)c(C(CC(C)C)NN)c(C)c1. The molecule has 0 spiro atoms. The molecule has 90 valence electrons. The first kappa shape index (κ1) is 13.2. The van der Waals surface area contributed by atoms with Crippen LogP contribution in [0.3, 0.4) is 0 Å². The maximum Gasteiger partial charge on any atom is 0.0467 e. The first-order valence-electron chi connectivity index (χ1n) is 5.99. The molecule has 0 heterocycles. The first-order valence-corrected chi connectivity index (χ1v) is 5.99. The number of hydrogen-bond acceptors (Lipinski definition) is 2. The number of hydrogen-bond donors (Lipinski definition) is 2. The zero-order valence-corrected chi connectivity index (χ0v) is 11.1. The molecule has 0 saturated carbocycles. The molecule has 16 heavy (non-hydrogen) atoms. The maximum absolute atomic E-state index is 5.68. The van der Waals surface area contributed by atoms with E-state index in [9.17, 15) is 0 Å². The van der Waals surface area contributed by atoms with Gasteiger partial charge in [0.25, 0.3) is 0 Å². The number of nitrogens with one attached hydrogen (secondary N) is 1. The molecule has 2 nitrogen and oxygen atoms in total. The molecular formula is C14H24N2. The van der Waals surface area contributed by atoms with Crippen LogP contribution in [0.15, 0.2) is 12.1 Å². The lowest BCUT2D eigenvalue weighted by atomic mass is 9.90. The van der Waals surface area contributed by atoms with Gasteiger partial charge in [-0.05, 0) is 49.8 Å². The smallest absolute Gasteiger partial charge is 0.0467 e. The molecule has 1 aromatic rings. The molecule has 1 rings (SSSR count). The van der Waals surface area contributed by atoms with Crippen molar-refractivity contribution >= 4 is 0 Å². The van der Waals surface area contributed by atoms with Crippen LogP contribution in [0.5, 0.6) is 0 Å². The minimum atomic E-state index is 0.264. The molecule has 0 fully saturated rings. The predicted octanol–water partition coefficient (Wildman–Crippen LogP) is 3.16. The second-order valence-corrected chi connectivity index (χ2v) is 5.16. The molecule has 0 saturated heterocycles. The molecule has 1 atom stereocenters. The lowest BCUT2D eigenvalue weighted by molar-refractivity contribution is 0.435. The maximum atomic E-state index is 5.68. The Morgan fingerprint density at radius 1 is 1.12 bits per heavy atom. The zero-order chi connectivity index (χ0) is 12.3. The van der Waals surface area contributed by atoms with Gasteiger partial charge in [-0.1, -0.05) is 31.5 Å². The molecule has 0 bridgehead atoms. The van der Waals surface area contributed by atoms with Crippen LogP contribution in [-0.2, 0) is 0 Å². The van der Waals surface area contributed by atoms with Gasteiger partial charge < -0.3 is 0 Å². The summed E-state index contributed by atoms with van der Waals surface area (Å²) in [6.45, 7) is 10.9. The van der Waals surface area contributed by atoms with E-state index < -0.39 is 0 Å². The summed E-state index contributed by atoms with van der Waals surface area (Å²) < 4.78 is 0. The monoisotopic (exact) mass is 220 g/mol. The normalized spacial score (nSPS) is 13.2. The van der Waals surface area contributed by atoms with E-state index in [2.05, 4.69) is 52.2 Å². The molecule has 0 radical (unpaired) electrons. The molecule has 1 unspecified atom stereocenters. The van der Waals surface area contributed by atoms with Crippen LogP contribution < -0.4 is 11.3 Å². The molecule has 0 aliphatic rings. The molecule has 3 N–H and O–H groups in total. The highest BCUT2D eigenvalue weighted by Crippen LogP contribution is 2.27. The Kier molecular flexibility index (Phi) is 4.51. The van der Waals surface area contributed by atoms with E-state index >= 15 is 0 Å². The fourth-order valence-corrected chi connectivity index (χ4v) is 2.48. The molecular weight excluding hydrogens is 196 g/mol. The Morgan fingerprint density at radius 3 is 2.00 bits per heavy atom. The number of rotatable bonds is 4. The summed E-state index contributed by atoms with van der Waals surface area (Å²) in [5.41, 5.74) is 8.30. The van der Waals surface area contributed by atoms with Gasteiger partial charge in [-0.25, -0.2) is 0 Å². The van der Waals surface area contributed by atoms with Gasteiger partial charge in [-0.15, -0.1) is 0 Å². The van der Waals surface area contributed by atoms with E-state index in [1.165, 1.54) is 22.3 Å². The van der Waals surface area contributed by atoms with Crippen molar-refractivity contribution in [3.63, 3.8) is 0 Å². The van der Waals surface area contributed by atoms with Crippen LogP contribution in [0.1, 0.15) is 48.6 Å². The van der Waals surface area contributed by atoms with Crippen molar-refractivity contribution in [3.8, 4) is 0 Å². The van der Waals surface area contributed by atoms with Crippen molar-refractivity contribution in [3.05, 3.63) is 34.4 Å². The molecule has 0 amide bonds. The second-order valence-electron chi connectivity index (χ2n) is 5.16. The minimum Gasteiger partial charge on any atom is -0.271 e. The van der Waals surface area contributed by atoms with Gasteiger partial charge in [0.15, 0.2) is 0 Å². The Morgan fingerprint density at radius 2 is 1.62 bits per heavy atom. The summed E-state index contributed by atoms with van der Waals surface area (Å²) in [5.74, 6) is 6.32. The molecule has 0 aliphatic carbocycles. The van der Waals surface area contributed by atoms with Crippen LogP contribution in [0.25, 0.3) is 0 Å². The predicted molar refractivity (Wildman–Crippen MR) is 70.2 cm³/mol. The fourth-order valence-electron chi connectivity index (χ4n) is 2.48. The van der Waals surface area contributed by atoms with E-state index in [0.717, 1.165) is 6.42 Å². The van der Waals surface area contributed by atoms with E-state index in [4.69, 9.17) is 5.84 Å². The van der Waals surface area contributed by atoms with Crippen LogP contribution in [0.4, 0.5) is 0 Å². The Bertz CT molecular complexity index is 333. The number of hydrazine groups is 1. The van der Waals surface area contributed by atoms with Crippen LogP contribution in [0.2, 0.25) is 0 Å². The van der Waals surface area contributed by atoms with Gasteiger partial charge in [0, 0.05) is 6.04 Å². The van der Waals surface area contributed by atoms with E-state index in [0.29, 0.717) is 5.92 Å². The average Bonchev–Trinajstić information content (AvgIpc) is 2.13. The lowest BCUT2D eigenvalue weighted by Crippen LogP contribution is -2.30. The number of benzene rings is 1. The van der Waals surface area contributed by atoms with Gasteiger partial charge in [-0.2, -0.15) is 0 Å². The summed E-state index contributed by atoms with van der Waals surface area (Å²) in [7, 11) is 0. The van der Waals surface area contributed by atoms with Gasteiger partial charge >= 0.3 is 0 Å². The van der Waals surface area contributed by atoms with Gasteiger partial charge in [0.1, 0.15) is 0 Å². The van der Waals surface area contributed by atoms with E-state index in [-0.39, 0.29) is 6.04 Å². The Labute approximate surface area is 99.2 Å². The van der Waals surface area contributed by atoms with Crippen LogP contribution >= 0.6 is 0 Å². The van der Waals surface area contributed by atoms with E-state index in [1.54, 1.807) is 0 Å².